The van der Waals surface area contributed by atoms with Crippen LogP contribution >= 0.6 is 22.6 Å². The Bertz CT molecular complexity index is 664. The molecule has 0 aliphatic carbocycles. The van der Waals surface area contributed by atoms with Crippen molar-refractivity contribution in [1.29, 1.82) is 0 Å². The van der Waals surface area contributed by atoms with Gasteiger partial charge >= 0.3 is 0 Å². The number of anilines is 1. The summed E-state index contributed by atoms with van der Waals surface area (Å²) >= 11 is 2.20. The van der Waals surface area contributed by atoms with Gasteiger partial charge in [0, 0.05) is 15.8 Å². The van der Waals surface area contributed by atoms with E-state index in [1.54, 1.807) is 0 Å². The third-order valence-electron chi connectivity index (χ3n) is 3.88. The van der Waals surface area contributed by atoms with Crippen LogP contribution in [0.3, 0.4) is 0 Å². The summed E-state index contributed by atoms with van der Waals surface area (Å²) in [6, 6.07) is 14.0. The van der Waals surface area contributed by atoms with Crippen molar-refractivity contribution < 1.29 is 4.79 Å². The van der Waals surface area contributed by atoms with Crippen molar-refractivity contribution >= 4 is 34.2 Å². The smallest absolute Gasteiger partial charge is 0.256 e. The van der Waals surface area contributed by atoms with Crippen molar-refractivity contribution in [3.63, 3.8) is 0 Å². The number of hydrogen-bond acceptors (Lipinski definition) is 2. The molecule has 1 N–H and O–H groups in total. The molecule has 0 heterocycles. The van der Waals surface area contributed by atoms with E-state index < -0.39 is 0 Å². The Kier molecular flexibility index (Phi) is 6.59. The second kappa shape index (κ2) is 8.45. The topological polar surface area (TPSA) is 32.3 Å². The lowest BCUT2D eigenvalue weighted by molar-refractivity contribution is 0.102. The van der Waals surface area contributed by atoms with E-state index in [1.807, 2.05) is 37.3 Å². The Labute approximate surface area is 152 Å². The van der Waals surface area contributed by atoms with Crippen molar-refractivity contribution in [3.05, 3.63) is 62.7 Å². The first kappa shape index (κ1) is 17.9. The molecule has 122 valence electrons. The average molecular weight is 422 g/mol. The number of nitrogens with zero attached hydrogens (tertiary/aromatic N) is 1. The third-order valence-corrected chi connectivity index (χ3v) is 4.77. The van der Waals surface area contributed by atoms with Gasteiger partial charge in [0.2, 0.25) is 0 Å². The fourth-order valence-electron chi connectivity index (χ4n) is 2.40. The number of nitrogens with one attached hydrogen (secondary N) is 1. The highest BCUT2D eigenvalue weighted by Gasteiger charge is 2.10. The lowest BCUT2D eigenvalue weighted by Gasteiger charge is -2.18. The SMILES string of the molecule is CCN(CC)Cc1ccc(NC(=O)c2ccc(C)cc2I)cc1. The summed E-state index contributed by atoms with van der Waals surface area (Å²) in [5.74, 6) is -0.0640. The van der Waals surface area contributed by atoms with Gasteiger partial charge in [-0.2, -0.15) is 0 Å². The van der Waals surface area contributed by atoms with Crippen LogP contribution < -0.4 is 5.32 Å². The maximum Gasteiger partial charge on any atom is 0.256 e. The summed E-state index contributed by atoms with van der Waals surface area (Å²) in [5.41, 5.74) is 3.96. The van der Waals surface area contributed by atoms with Gasteiger partial charge in [-0.05, 0) is 72.4 Å². The molecule has 0 atom stereocenters. The summed E-state index contributed by atoms with van der Waals surface area (Å²) in [6.07, 6.45) is 0. The number of carbonyl (C=O) groups excluding carboxylic acids is 1. The van der Waals surface area contributed by atoms with E-state index in [0.717, 1.165) is 34.5 Å². The van der Waals surface area contributed by atoms with Crippen molar-refractivity contribution in [2.75, 3.05) is 18.4 Å². The van der Waals surface area contributed by atoms with E-state index >= 15 is 0 Å². The van der Waals surface area contributed by atoms with Gasteiger partial charge in [0.1, 0.15) is 0 Å². The third kappa shape index (κ3) is 5.04. The maximum atomic E-state index is 12.4. The average Bonchev–Trinajstić information content (AvgIpc) is 2.54. The maximum absolute atomic E-state index is 12.4. The first-order valence-electron chi connectivity index (χ1n) is 7.92. The van der Waals surface area contributed by atoms with Crippen LogP contribution in [0.4, 0.5) is 5.69 Å². The van der Waals surface area contributed by atoms with Crippen molar-refractivity contribution in [1.82, 2.24) is 4.90 Å². The van der Waals surface area contributed by atoms with Crippen LogP contribution in [-0.4, -0.2) is 23.9 Å². The predicted molar refractivity (Wildman–Crippen MR) is 105 cm³/mol. The minimum atomic E-state index is -0.0640. The summed E-state index contributed by atoms with van der Waals surface area (Å²) in [4.78, 5) is 14.7. The molecule has 2 rings (SSSR count). The van der Waals surface area contributed by atoms with Crippen molar-refractivity contribution in [3.8, 4) is 0 Å². The van der Waals surface area contributed by atoms with Gasteiger partial charge in [-0.3, -0.25) is 9.69 Å². The van der Waals surface area contributed by atoms with Crippen molar-refractivity contribution in [2.45, 2.75) is 27.3 Å². The number of amides is 1. The molecule has 0 spiro atoms. The Hall–Kier alpha value is -1.40. The van der Waals surface area contributed by atoms with Crippen LogP contribution in [0.2, 0.25) is 0 Å². The lowest BCUT2D eigenvalue weighted by atomic mass is 10.1. The molecule has 0 aliphatic rings. The molecule has 0 aliphatic heterocycles. The second-order valence-corrected chi connectivity index (χ2v) is 6.76. The zero-order chi connectivity index (χ0) is 16.8. The van der Waals surface area contributed by atoms with Crippen LogP contribution in [0.5, 0.6) is 0 Å². The second-order valence-electron chi connectivity index (χ2n) is 5.60. The Morgan fingerprint density at radius 1 is 1.09 bits per heavy atom. The number of hydrogen-bond donors (Lipinski definition) is 1. The molecule has 0 bridgehead atoms. The molecule has 2 aromatic rings. The van der Waals surface area contributed by atoms with Crippen LogP contribution in [0.25, 0.3) is 0 Å². The highest BCUT2D eigenvalue weighted by Crippen LogP contribution is 2.17. The first-order valence-corrected chi connectivity index (χ1v) is 9.00. The first-order chi connectivity index (χ1) is 11.0. The van der Waals surface area contributed by atoms with E-state index in [9.17, 15) is 4.79 Å². The Morgan fingerprint density at radius 2 is 1.74 bits per heavy atom. The van der Waals surface area contributed by atoms with Crippen LogP contribution in [-0.2, 0) is 6.54 Å². The standard InChI is InChI=1S/C19H23IN2O/c1-4-22(5-2)13-15-7-9-16(10-8-15)21-19(23)17-11-6-14(3)12-18(17)20/h6-12H,4-5,13H2,1-3H3,(H,21,23). The summed E-state index contributed by atoms with van der Waals surface area (Å²) in [6.45, 7) is 9.39. The fourth-order valence-corrected chi connectivity index (χ4v) is 3.32. The number of rotatable bonds is 6. The summed E-state index contributed by atoms with van der Waals surface area (Å²) < 4.78 is 0.971. The van der Waals surface area contributed by atoms with Crippen LogP contribution in [0.1, 0.15) is 35.3 Å². The van der Waals surface area contributed by atoms with E-state index in [1.165, 1.54) is 5.56 Å². The zero-order valence-corrected chi connectivity index (χ0v) is 16.1. The zero-order valence-electron chi connectivity index (χ0n) is 13.9. The molecule has 4 heteroatoms. The number of benzene rings is 2. The minimum absolute atomic E-state index is 0.0640. The summed E-state index contributed by atoms with van der Waals surface area (Å²) in [5, 5.41) is 2.97. The van der Waals surface area contributed by atoms with Gasteiger partial charge in [0.05, 0.1) is 5.56 Å². The normalized spacial score (nSPS) is 10.8. The van der Waals surface area contributed by atoms with Gasteiger partial charge in [-0.15, -0.1) is 0 Å². The van der Waals surface area contributed by atoms with Gasteiger partial charge in [0.25, 0.3) is 5.91 Å². The van der Waals surface area contributed by atoms with Gasteiger partial charge in [0.15, 0.2) is 0 Å². The number of halogens is 1. The van der Waals surface area contributed by atoms with E-state index in [-0.39, 0.29) is 5.91 Å². The molecule has 0 unspecified atom stereocenters. The van der Waals surface area contributed by atoms with E-state index in [2.05, 4.69) is 58.8 Å². The van der Waals surface area contributed by atoms with Gasteiger partial charge < -0.3 is 5.32 Å². The number of carbonyl (C=O) groups is 1. The highest BCUT2D eigenvalue weighted by atomic mass is 127. The Balaban J connectivity index is 2.04. The summed E-state index contributed by atoms with van der Waals surface area (Å²) in [7, 11) is 0. The molecule has 0 saturated carbocycles. The van der Waals surface area contributed by atoms with Crippen LogP contribution in [0, 0.1) is 10.5 Å². The molecule has 0 saturated heterocycles. The minimum Gasteiger partial charge on any atom is -0.322 e. The lowest BCUT2D eigenvalue weighted by Crippen LogP contribution is -2.22. The van der Waals surface area contributed by atoms with E-state index in [0.29, 0.717) is 5.56 Å². The van der Waals surface area contributed by atoms with Crippen LogP contribution in [0.15, 0.2) is 42.5 Å². The van der Waals surface area contributed by atoms with Gasteiger partial charge in [-0.1, -0.05) is 37.6 Å². The molecule has 1 amide bonds. The molecular formula is C19H23IN2O. The molecule has 0 radical (unpaired) electrons. The number of aryl methyl sites for hydroxylation is 1. The molecular weight excluding hydrogens is 399 g/mol. The van der Waals surface area contributed by atoms with E-state index in [4.69, 9.17) is 0 Å². The van der Waals surface area contributed by atoms with Crippen molar-refractivity contribution in [2.24, 2.45) is 0 Å². The molecule has 0 fully saturated rings. The highest BCUT2D eigenvalue weighted by molar-refractivity contribution is 14.1. The largest absolute Gasteiger partial charge is 0.322 e. The Morgan fingerprint density at radius 3 is 2.30 bits per heavy atom. The quantitative estimate of drug-likeness (QED) is 0.685. The molecule has 0 aromatic heterocycles. The molecule has 23 heavy (non-hydrogen) atoms. The molecule has 2 aromatic carbocycles. The fraction of sp³-hybridized carbons (Fsp3) is 0.316. The molecule has 3 nitrogen and oxygen atoms in total. The monoisotopic (exact) mass is 422 g/mol. The van der Waals surface area contributed by atoms with Gasteiger partial charge in [-0.25, -0.2) is 0 Å². The predicted octanol–water partition coefficient (Wildman–Crippen LogP) is 4.69.